The minimum atomic E-state index is 0.635. The fourth-order valence-corrected chi connectivity index (χ4v) is 4.67. The Morgan fingerprint density at radius 2 is 1.08 bits per heavy atom. The van der Waals surface area contributed by atoms with E-state index < -0.39 is 0 Å². The van der Waals surface area contributed by atoms with Crippen LogP contribution in [0.1, 0.15) is 5.56 Å². The number of hydrogen-bond acceptors (Lipinski definition) is 4. The number of aromatic nitrogens is 3. The van der Waals surface area contributed by atoms with Gasteiger partial charge in [0, 0.05) is 0 Å². The van der Waals surface area contributed by atoms with Crippen LogP contribution in [0.2, 0.25) is 0 Å². The molecule has 0 aliphatic heterocycles. The molecule has 1 aromatic heterocycles. The van der Waals surface area contributed by atoms with Crippen molar-refractivity contribution in [1.82, 2.24) is 15.0 Å². The van der Waals surface area contributed by atoms with Gasteiger partial charge in [-0.2, -0.15) is 0 Å². The van der Waals surface area contributed by atoms with Gasteiger partial charge in [0.05, 0.1) is 0 Å². The first-order valence-electron chi connectivity index (χ1n) is 11.9. The Morgan fingerprint density at radius 1 is 0.541 bits per heavy atom. The van der Waals surface area contributed by atoms with E-state index >= 15 is 0 Å². The normalized spacial score (nSPS) is 11.2. The van der Waals surface area contributed by atoms with Crippen LogP contribution in [0, 0.1) is 0 Å². The van der Waals surface area contributed by atoms with Crippen LogP contribution in [0.25, 0.3) is 44.9 Å². The molecule has 4 nitrogen and oxygen atoms in total. The van der Waals surface area contributed by atoms with E-state index in [9.17, 15) is 0 Å². The van der Waals surface area contributed by atoms with E-state index in [1.165, 1.54) is 0 Å². The van der Waals surface area contributed by atoms with Crippen LogP contribution in [0.15, 0.2) is 126 Å². The maximum atomic E-state index is 4.86. The first-order chi connectivity index (χ1) is 18.2. The summed E-state index contributed by atoms with van der Waals surface area (Å²) in [7, 11) is 0. The van der Waals surface area contributed by atoms with E-state index in [1.54, 1.807) is 0 Å². The second-order valence-corrected chi connectivity index (χ2v) is 9.48. The third-order valence-corrected chi connectivity index (χ3v) is 6.75. The summed E-state index contributed by atoms with van der Waals surface area (Å²) < 4.78 is 1.00. The van der Waals surface area contributed by atoms with Gasteiger partial charge in [0.25, 0.3) is 0 Å². The predicted molar refractivity (Wildman–Crippen MR) is 153 cm³/mol. The third kappa shape index (κ3) is 4.96. The van der Waals surface area contributed by atoms with Gasteiger partial charge < -0.3 is 0 Å². The Hall–Kier alpha value is -4.44. The van der Waals surface area contributed by atoms with Crippen LogP contribution in [0.5, 0.6) is 0 Å². The molecular weight excluding hydrogens is 519 g/mol. The van der Waals surface area contributed by atoms with Gasteiger partial charge in [-0.15, -0.1) is 0 Å². The molecule has 1 heterocycles. The summed E-state index contributed by atoms with van der Waals surface area (Å²) >= 11 is 3.15. The molecule has 0 fully saturated rings. The Kier molecular flexibility index (Phi) is 6.38. The van der Waals surface area contributed by atoms with Crippen molar-refractivity contribution in [2.45, 2.75) is 0 Å². The first kappa shape index (κ1) is 23.0. The summed E-state index contributed by atoms with van der Waals surface area (Å²) in [5.41, 5.74) is 4.80. The average molecular weight is 541 g/mol. The Balaban J connectivity index is 1.47. The Morgan fingerprint density at radius 3 is 1.68 bits per heavy atom. The van der Waals surface area contributed by atoms with Crippen LogP contribution < -0.4 is 4.46 Å². The van der Waals surface area contributed by atoms with Crippen molar-refractivity contribution < 1.29 is 0 Å². The summed E-state index contributed by atoms with van der Waals surface area (Å²) in [5, 5.41) is 2.13. The molecule has 0 atom stereocenters. The monoisotopic (exact) mass is 541 g/mol. The van der Waals surface area contributed by atoms with Gasteiger partial charge in [-0.05, 0) is 0 Å². The van der Waals surface area contributed by atoms with Crippen molar-refractivity contribution in [2.24, 2.45) is 4.99 Å². The van der Waals surface area contributed by atoms with E-state index in [-0.39, 0.29) is 0 Å². The zero-order valence-corrected chi connectivity index (χ0v) is 21.5. The number of fused-ring (bicyclic) bond motifs is 1. The maximum absolute atomic E-state index is 4.86. The molecular formula is C32H21N4Se. The van der Waals surface area contributed by atoms with Crippen molar-refractivity contribution in [2.75, 3.05) is 0 Å². The summed E-state index contributed by atoms with van der Waals surface area (Å²) in [6.07, 6.45) is 1.90. The SMILES string of the molecule is [Se]c1ccc2cc(-c3nc(-c4ccccc4)nc(-c4ccccc4)n3)ccc2c1N=Cc1ccccc1. The number of aliphatic imine (C=N–C) groups is 1. The van der Waals surface area contributed by atoms with Crippen LogP contribution >= 0.6 is 0 Å². The molecule has 0 aliphatic carbocycles. The van der Waals surface area contributed by atoms with Gasteiger partial charge in [0.1, 0.15) is 0 Å². The summed E-state index contributed by atoms with van der Waals surface area (Å²) in [5.74, 6) is 1.93. The fourth-order valence-electron chi connectivity index (χ4n) is 4.18. The van der Waals surface area contributed by atoms with Gasteiger partial charge in [0.2, 0.25) is 0 Å². The van der Waals surface area contributed by atoms with Crippen molar-refractivity contribution >= 4 is 43.1 Å². The van der Waals surface area contributed by atoms with Gasteiger partial charge in [-0.1, -0.05) is 12.1 Å². The van der Waals surface area contributed by atoms with E-state index in [2.05, 4.69) is 46.3 Å². The topological polar surface area (TPSA) is 51.0 Å². The third-order valence-electron chi connectivity index (χ3n) is 6.05. The molecule has 0 bridgehead atoms. The average Bonchev–Trinajstić information content (AvgIpc) is 2.97. The van der Waals surface area contributed by atoms with Crippen molar-refractivity contribution in [3.05, 3.63) is 127 Å². The van der Waals surface area contributed by atoms with Crippen LogP contribution in [-0.2, 0) is 0 Å². The van der Waals surface area contributed by atoms with Crippen molar-refractivity contribution in [1.29, 1.82) is 0 Å². The molecule has 5 aromatic carbocycles. The molecule has 0 saturated heterocycles. The van der Waals surface area contributed by atoms with Gasteiger partial charge in [0.15, 0.2) is 0 Å². The van der Waals surface area contributed by atoms with Crippen molar-refractivity contribution in [3.8, 4) is 34.2 Å². The van der Waals surface area contributed by atoms with E-state index in [0.29, 0.717) is 17.5 Å². The molecule has 6 rings (SSSR count). The van der Waals surface area contributed by atoms with Crippen LogP contribution in [0.3, 0.4) is 0 Å². The molecule has 0 unspecified atom stereocenters. The number of nitrogens with zero attached hydrogens (tertiary/aromatic N) is 4. The predicted octanol–water partition coefficient (Wildman–Crippen LogP) is 6.57. The van der Waals surface area contributed by atoms with Gasteiger partial charge in [-0.3, -0.25) is 0 Å². The van der Waals surface area contributed by atoms with Crippen LogP contribution in [0.4, 0.5) is 5.69 Å². The summed E-state index contributed by atoms with van der Waals surface area (Å²) in [6, 6.07) is 40.6. The number of hydrogen-bond donors (Lipinski definition) is 0. The van der Waals surface area contributed by atoms with Crippen molar-refractivity contribution in [3.63, 3.8) is 0 Å². The van der Waals surface area contributed by atoms with Crippen LogP contribution in [-0.4, -0.2) is 37.2 Å². The molecule has 0 saturated carbocycles. The second kappa shape index (κ2) is 10.3. The molecule has 37 heavy (non-hydrogen) atoms. The molecule has 6 aromatic rings. The first-order valence-corrected chi connectivity index (χ1v) is 12.8. The molecule has 0 aliphatic rings. The molecule has 175 valence electrons. The van der Waals surface area contributed by atoms with E-state index in [0.717, 1.165) is 43.2 Å². The quantitative estimate of drug-likeness (QED) is 0.184. The van der Waals surface area contributed by atoms with Gasteiger partial charge >= 0.3 is 212 Å². The minimum absolute atomic E-state index is 0.635. The number of benzene rings is 5. The zero-order chi connectivity index (χ0) is 25.0. The standard InChI is InChI=1S/C32H21N4Se/c37-28-19-17-25-20-26(16-18-27(25)29(28)33-21-22-10-4-1-5-11-22)32-35-30(23-12-6-2-7-13-23)34-31(36-32)24-14-8-3-9-15-24/h1-21H. The Bertz CT molecular complexity index is 1660. The zero-order valence-electron chi connectivity index (χ0n) is 19.8. The summed E-state index contributed by atoms with van der Waals surface area (Å²) in [6.45, 7) is 0. The van der Waals surface area contributed by atoms with Gasteiger partial charge in [-0.25, -0.2) is 0 Å². The number of rotatable bonds is 5. The molecule has 0 amide bonds. The fraction of sp³-hybridized carbons (Fsp3) is 0. The Labute approximate surface area is 223 Å². The molecule has 0 N–H and O–H groups in total. The second-order valence-electron chi connectivity index (χ2n) is 8.56. The molecule has 5 heteroatoms. The molecule has 0 spiro atoms. The molecule has 1 radical (unpaired) electrons. The van der Waals surface area contributed by atoms with E-state index in [1.807, 2.05) is 97.2 Å². The summed E-state index contributed by atoms with van der Waals surface area (Å²) in [4.78, 5) is 19.3. The van der Waals surface area contributed by atoms with E-state index in [4.69, 9.17) is 19.9 Å².